The Morgan fingerprint density at radius 1 is 1.38 bits per heavy atom. The lowest BCUT2D eigenvalue weighted by molar-refractivity contribution is -0.140. The third-order valence-electron chi connectivity index (χ3n) is 2.05. The van der Waals surface area contributed by atoms with Gasteiger partial charge in [0.25, 0.3) is 0 Å². The van der Waals surface area contributed by atoms with E-state index in [4.69, 9.17) is 5.11 Å². The molecule has 88 valence electrons. The van der Waals surface area contributed by atoms with Crippen LogP contribution in [0.5, 0.6) is 0 Å². The average molecular weight is 243 g/mol. The van der Waals surface area contributed by atoms with Crippen LogP contribution in [0.4, 0.5) is 0 Å². The van der Waals surface area contributed by atoms with Crippen LogP contribution in [0.3, 0.4) is 0 Å². The van der Waals surface area contributed by atoms with Crippen LogP contribution in [0.25, 0.3) is 0 Å². The molecule has 0 fully saturated rings. The van der Waals surface area contributed by atoms with E-state index < -0.39 is 21.9 Å². The number of aliphatic carboxylic acids is 1. The summed E-state index contributed by atoms with van der Waals surface area (Å²) in [6, 6.07) is 7.82. The van der Waals surface area contributed by atoms with Crippen LogP contribution < -0.4 is 4.72 Å². The van der Waals surface area contributed by atoms with Gasteiger partial charge in [0.1, 0.15) is 0 Å². The molecule has 0 saturated heterocycles. The minimum Gasteiger partial charge on any atom is -0.481 e. The van der Waals surface area contributed by atoms with Gasteiger partial charge in [-0.3, -0.25) is 4.79 Å². The largest absolute Gasteiger partial charge is 0.481 e. The van der Waals surface area contributed by atoms with E-state index in [1.54, 1.807) is 18.2 Å². The summed E-state index contributed by atoms with van der Waals surface area (Å²) < 4.78 is 25.6. The second-order valence-electron chi connectivity index (χ2n) is 3.40. The lowest BCUT2D eigenvalue weighted by Gasteiger charge is -2.08. The molecular weight excluding hydrogens is 230 g/mol. The average Bonchev–Trinajstić information content (AvgIpc) is 2.27. The number of sulfonamides is 1. The van der Waals surface area contributed by atoms with Gasteiger partial charge < -0.3 is 5.11 Å². The number of hydrogen-bond acceptors (Lipinski definition) is 3. The monoisotopic (exact) mass is 243 g/mol. The van der Waals surface area contributed by atoms with E-state index in [1.807, 2.05) is 0 Å². The SMILES string of the molecule is CC(CNS(=O)(=O)c1ccccc1)C(=O)O. The summed E-state index contributed by atoms with van der Waals surface area (Å²) >= 11 is 0. The minimum atomic E-state index is -3.60. The maximum atomic E-state index is 11.7. The fourth-order valence-electron chi connectivity index (χ4n) is 1.00. The van der Waals surface area contributed by atoms with Crippen molar-refractivity contribution in [3.05, 3.63) is 30.3 Å². The van der Waals surface area contributed by atoms with E-state index in [2.05, 4.69) is 4.72 Å². The Balaban J connectivity index is 2.71. The van der Waals surface area contributed by atoms with Crippen LogP contribution in [-0.4, -0.2) is 26.0 Å². The molecule has 0 aliphatic carbocycles. The zero-order chi connectivity index (χ0) is 12.2. The summed E-state index contributed by atoms with van der Waals surface area (Å²) in [5, 5.41) is 8.61. The quantitative estimate of drug-likeness (QED) is 0.796. The number of carboxylic acids is 1. The molecule has 1 rings (SSSR count). The lowest BCUT2D eigenvalue weighted by Crippen LogP contribution is -2.31. The van der Waals surface area contributed by atoms with Crippen LogP contribution in [0, 0.1) is 5.92 Å². The summed E-state index contributed by atoms with van der Waals surface area (Å²) in [6.07, 6.45) is 0. The van der Waals surface area contributed by atoms with Gasteiger partial charge in [-0.2, -0.15) is 0 Å². The van der Waals surface area contributed by atoms with Crippen LogP contribution in [-0.2, 0) is 14.8 Å². The van der Waals surface area contributed by atoms with Gasteiger partial charge in [0.05, 0.1) is 10.8 Å². The molecule has 0 heterocycles. The third-order valence-corrected chi connectivity index (χ3v) is 3.49. The number of rotatable bonds is 5. The van der Waals surface area contributed by atoms with Gasteiger partial charge in [-0.05, 0) is 12.1 Å². The van der Waals surface area contributed by atoms with Gasteiger partial charge in [0, 0.05) is 6.54 Å². The van der Waals surface area contributed by atoms with E-state index in [-0.39, 0.29) is 11.4 Å². The molecule has 0 amide bonds. The molecule has 5 nitrogen and oxygen atoms in total. The Kier molecular flexibility index (Phi) is 4.03. The van der Waals surface area contributed by atoms with Crippen LogP contribution >= 0.6 is 0 Å². The second-order valence-corrected chi connectivity index (χ2v) is 5.17. The Hall–Kier alpha value is -1.40. The molecule has 0 spiro atoms. The molecule has 0 radical (unpaired) electrons. The smallest absolute Gasteiger partial charge is 0.307 e. The van der Waals surface area contributed by atoms with E-state index in [9.17, 15) is 13.2 Å². The summed E-state index contributed by atoms with van der Waals surface area (Å²) in [5.41, 5.74) is 0. The Morgan fingerprint density at radius 2 is 1.94 bits per heavy atom. The molecule has 6 heteroatoms. The van der Waals surface area contributed by atoms with Crippen molar-refractivity contribution in [1.29, 1.82) is 0 Å². The van der Waals surface area contributed by atoms with Crippen molar-refractivity contribution >= 4 is 16.0 Å². The zero-order valence-electron chi connectivity index (χ0n) is 8.75. The second kappa shape index (κ2) is 5.09. The molecule has 1 unspecified atom stereocenters. The van der Waals surface area contributed by atoms with Gasteiger partial charge >= 0.3 is 5.97 Å². The molecule has 0 bridgehead atoms. The van der Waals surface area contributed by atoms with Crippen molar-refractivity contribution in [2.24, 2.45) is 5.92 Å². The van der Waals surface area contributed by atoms with E-state index in [0.717, 1.165) is 0 Å². The van der Waals surface area contributed by atoms with Crippen LogP contribution in [0.1, 0.15) is 6.92 Å². The topological polar surface area (TPSA) is 83.5 Å². The Labute approximate surface area is 94.2 Å². The van der Waals surface area contributed by atoms with E-state index >= 15 is 0 Å². The summed E-state index contributed by atoms with van der Waals surface area (Å²) in [5.74, 6) is -1.78. The van der Waals surface area contributed by atoms with Gasteiger partial charge in [-0.15, -0.1) is 0 Å². The summed E-state index contributed by atoms with van der Waals surface area (Å²) in [7, 11) is -3.60. The van der Waals surface area contributed by atoms with Crippen LogP contribution in [0.15, 0.2) is 35.2 Å². The minimum absolute atomic E-state index is 0.118. The van der Waals surface area contributed by atoms with E-state index in [0.29, 0.717) is 0 Å². The van der Waals surface area contributed by atoms with Gasteiger partial charge in [0.2, 0.25) is 10.0 Å². The molecule has 16 heavy (non-hydrogen) atoms. The van der Waals surface area contributed by atoms with Crippen LogP contribution in [0.2, 0.25) is 0 Å². The molecular formula is C10H13NO4S. The fraction of sp³-hybridized carbons (Fsp3) is 0.300. The van der Waals surface area contributed by atoms with Crippen molar-refractivity contribution in [3.8, 4) is 0 Å². The highest BCUT2D eigenvalue weighted by Gasteiger charge is 2.17. The van der Waals surface area contributed by atoms with Crippen molar-refractivity contribution in [2.45, 2.75) is 11.8 Å². The highest BCUT2D eigenvalue weighted by atomic mass is 32.2. The molecule has 2 N–H and O–H groups in total. The molecule has 1 aromatic rings. The van der Waals surface area contributed by atoms with Gasteiger partial charge in [0.15, 0.2) is 0 Å². The molecule has 1 atom stereocenters. The van der Waals surface area contributed by atoms with Crippen molar-refractivity contribution in [2.75, 3.05) is 6.54 Å². The van der Waals surface area contributed by atoms with Crippen molar-refractivity contribution < 1.29 is 18.3 Å². The summed E-state index contributed by atoms with van der Waals surface area (Å²) in [6.45, 7) is 1.32. The first-order valence-electron chi connectivity index (χ1n) is 4.71. The normalized spacial score (nSPS) is 13.3. The van der Waals surface area contributed by atoms with Gasteiger partial charge in [-0.1, -0.05) is 25.1 Å². The number of carboxylic acid groups (broad SMARTS) is 1. The molecule has 0 aromatic heterocycles. The van der Waals surface area contributed by atoms with Gasteiger partial charge in [-0.25, -0.2) is 13.1 Å². The first kappa shape index (κ1) is 12.7. The molecule has 1 aromatic carbocycles. The Morgan fingerprint density at radius 3 is 2.44 bits per heavy atom. The Bertz CT molecular complexity index is 455. The molecule has 0 aliphatic rings. The highest BCUT2D eigenvalue weighted by molar-refractivity contribution is 7.89. The number of hydrogen-bond donors (Lipinski definition) is 2. The number of carbonyl (C=O) groups is 1. The summed E-state index contributed by atoms with van der Waals surface area (Å²) in [4.78, 5) is 10.6. The predicted octanol–water partition coefficient (Wildman–Crippen LogP) is 0.686. The van der Waals surface area contributed by atoms with Crippen molar-refractivity contribution in [1.82, 2.24) is 4.72 Å². The maximum Gasteiger partial charge on any atom is 0.307 e. The fourth-order valence-corrected chi connectivity index (χ4v) is 2.16. The predicted molar refractivity (Wildman–Crippen MR) is 58.4 cm³/mol. The molecule has 0 saturated carbocycles. The standard InChI is InChI=1S/C10H13NO4S/c1-8(10(12)13)7-11-16(14,15)9-5-3-2-4-6-9/h2-6,8,11H,7H2,1H3,(H,12,13). The van der Waals surface area contributed by atoms with Crippen molar-refractivity contribution in [3.63, 3.8) is 0 Å². The first-order valence-corrected chi connectivity index (χ1v) is 6.19. The highest BCUT2D eigenvalue weighted by Crippen LogP contribution is 2.07. The lowest BCUT2D eigenvalue weighted by atomic mass is 10.2. The number of benzene rings is 1. The van der Waals surface area contributed by atoms with E-state index in [1.165, 1.54) is 19.1 Å². The zero-order valence-corrected chi connectivity index (χ0v) is 9.57. The third kappa shape index (κ3) is 3.32. The molecule has 0 aliphatic heterocycles. The maximum absolute atomic E-state index is 11.7. The first-order chi connectivity index (χ1) is 7.43. The number of nitrogens with one attached hydrogen (secondary N) is 1.